The zero-order valence-corrected chi connectivity index (χ0v) is 26.1. The van der Waals surface area contributed by atoms with Gasteiger partial charge in [-0.25, -0.2) is 4.98 Å². The number of nitrogens with zero attached hydrogens (tertiary/aromatic N) is 2. The summed E-state index contributed by atoms with van der Waals surface area (Å²) >= 11 is 0. The summed E-state index contributed by atoms with van der Waals surface area (Å²) in [5.41, 5.74) is 11.7. The molecule has 3 nitrogen and oxygen atoms in total. The predicted octanol–water partition coefficient (Wildman–Crippen LogP) is 12.6. The van der Waals surface area contributed by atoms with Crippen LogP contribution in [0, 0.1) is 0 Å². The molecule has 0 aliphatic rings. The minimum atomic E-state index is 0.635. The lowest BCUT2D eigenvalue weighted by Crippen LogP contribution is -2.11. The van der Waals surface area contributed by atoms with Gasteiger partial charge in [-0.1, -0.05) is 133 Å². The molecule has 226 valence electrons. The summed E-state index contributed by atoms with van der Waals surface area (Å²) in [6.07, 6.45) is 1.79. The van der Waals surface area contributed by atoms with E-state index in [0.29, 0.717) is 5.71 Å². The van der Waals surface area contributed by atoms with Crippen molar-refractivity contribution < 1.29 is 4.42 Å². The van der Waals surface area contributed by atoms with Crippen molar-refractivity contribution in [1.29, 1.82) is 0 Å². The number of pyridine rings is 1. The summed E-state index contributed by atoms with van der Waals surface area (Å²) in [5, 5.41) is 4.21. The fourth-order valence-electron chi connectivity index (χ4n) is 6.79. The molecule has 7 aromatic carbocycles. The monoisotopic (exact) mass is 614 g/mol. The van der Waals surface area contributed by atoms with Gasteiger partial charge in [-0.2, -0.15) is 0 Å². The van der Waals surface area contributed by atoms with Crippen molar-refractivity contribution in [2.75, 3.05) is 4.90 Å². The lowest BCUT2D eigenvalue weighted by atomic mass is 9.99. The number of hydrogen-bond donors (Lipinski definition) is 0. The van der Waals surface area contributed by atoms with Crippen molar-refractivity contribution >= 4 is 49.9 Å². The topological polar surface area (TPSA) is 29.3 Å². The Balaban J connectivity index is 1.27. The molecule has 0 fully saturated rings. The number of fused-ring (bicyclic) bond motifs is 5. The molecule has 0 N–H and O–H groups in total. The Hall–Kier alpha value is -6.45. The van der Waals surface area contributed by atoms with Crippen molar-refractivity contribution in [2.45, 2.75) is 0 Å². The van der Waals surface area contributed by atoms with Crippen molar-refractivity contribution in [3.05, 3.63) is 182 Å². The van der Waals surface area contributed by atoms with Crippen LogP contribution >= 0.6 is 0 Å². The predicted molar refractivity (Wildman–Crippen MR) is 200 cm³/mol. The highest BCUT2D eigenvalue weighted by molar-refractivity contribution is 6.21. The second-order valence-electron chi connectivity index (χ2n) is 12.0. The van der Waals surface area contributed by atoms with E-state index < -0.39 is 0 Å². The Kier molecular flexibility index (Phi) is 6.80. The molecule has 0 saturated heterocycles. The fourth-order valence-corrected chi connectivity index (χ4v) is 6.79. The number of furan rings is 1. The van der Waals surface area contributed by atoms with E-state index in [-0.39, 0.29) is 0 Å². The highest BCUT2D eigenvalue weighted by Gasteiger charge is 2.22. The summed E-state index contributed by atoms with van der Waals surface area (Å²) in [4.78, 5) is 6.99. The molecule has 0 spiro atoms. The van der Waals surface area contributed by atoms with E-state index in [1.165, 1.54) is 16.7 Å². The summed E-state index contributed by atoms with van der Waals surface area (Å²) in [6, 6.07) is 62.3. The van der Waals surface area contributed by atoms with Crippen molar-refractivity contribution in [1.82, 2.24) is 4.98 Å². The lowest BCUT2D eigenvalue weighted by Gasteiger charge is -2.27. The third-order valence-electron chi connectivity index (χ3n) is 9.10. The van der Waals surface area contributed by atoms with Crippen molar-refractivity contribution in [3.8, 4) is 33.4 Å². The van der Waals surface area contributed by atoms with Gasteiger partial charge in [-0.15, -0.1) is 0 Å². The van der Waals surface area contributed by atoms with E-state index in [9.17, 15) is 0 Å². The molecule has 9 aromatic rings. The normalized spacial score (nSPS) is 11.3. The maximum Gasteiger partial charge on any atom is 0.227 e. The summed E-state index contributed by atoms with van der Waals surface area (Å²) < 4.78 is 6.52. The zero-order valence-electron chi connectivity index (χ0n) is 26.1. The van der Waals surface area contributed by atoms with Gasteiger partial charge in [-0.3, -0.25) is 0 Å². The molecule has 0 amide bonds. The molecule has 0 bridgehead atoms. The number of anilines is 3. The largest absolute Gasteiger partial charge is 0.437 e. The average Bonchev–Trinajstić information content (AvgIpc) is 3.56. The van der Waals surface area contributed by atoms with Crippen LogP contribution < -0.4 is 4.90 Å². The molecule has 0 aliphatic heterocycles. The van der Waals surface area contributed by atoms with Gasteiger partial charge in [0.05, 0.1) is 16.5 Å². The summed E-state index contributed by atoms with van der Waals surface area (Å²) in [7, 11) is 0. The minimum absolute atomic E-state index is 0.635. The third kappa shape index (κ3) is 4.90. The standard InChI is InChI=1S/C45H30N2O/c1-3-12-31(13-4-1)33-23-25-34(26-24-33)36-18-10-20-39(29-36)47(38-19-9-17-35(28-38)32-14-5-2-6-15-32)42-30-37-16-7-8-21-40(37)44-43(42)41-22-11-27-46-45(41)48-44/h1-30H. The van der Waals surface area contributed by atoms with Crippen LogP contribution in [-0.2, 0) is 0 Å². The van der Waals surface area contributed by atoms with Gasteiger partial charge in [0.15, 0.2) is 0 Å². The van der Waals surface area contributed by atoms with Gasteiger partial charge in [0.2, 0.25) is 5.71 Å². The molecule has 0 saturated carbocycles. The molecule has 0 radical (unpaired) electrons. The SMILES string of the molecule is c1ccc(-c2ccc(-c3cccc(N(c4cccc(-c5ccccc5)c4)c4cc5ccccc5c5oc6ncccc6c45)c3)cc2)cc1. The third-order valence-corrected chi connectivity index (χ3v) is 9.10. The van der Waals surface area contributed by atoms with Crippen LogP contribution in [0.1, 0.15) is 0 Å². The number of hydrogen-bond acceptors (Lipinski definition) is 3. The van der Waals surface area contributed by atoms with Crippen LogP contribution in [0.15, 0.2) is 187 Å². The summed E-state index contributed by atoms with van der Waals surface area (Å²) in [6.45, 7) is 0. The average molecular weight is 615 g/mol. The first-order valence-electron chi connectivity index (χ1n) is 16.2. The molecular formula is C45H30N2O. The van der Waals surface area contributed by atoms with Gasteiger partial charge in [0.25, 0.3) is 0 Å². The van der Waals surface area contributed by atoms with Crippen LogP contribution in [0.2, 0.25) is 0 Å². The molecule has 2 heterocycles. The Morgan fingerprint density at radius 2 is 0.938 bits per heavy atom. The van der Waals surface area contributed by atoms with Crippen molar-refractivity contribution in [3.63, 3.8) is 0 Å². The Labute approximate surface area is 279 Å². The molecule has 0 aliphatic carbocycles. The molecular weight excluding hydrogens is 585 g/mol. The number of rotatable bonds is 6. The van der Waals surface area contributed by atoms with Crippen LogP contribution in [0.3, 0.4) is 0 Å². The highest BCUT2D eigenvalue weighted by Crippen LogP contribution is 2.46. The fraction of sp³-hybridized carbons (Fsp3) is 0. The van der Waals surface area contributed by atoms with Crippen LogP contribution in [0.25, 0.3) is 66.2 Å². The van der Waals surface area contributed by atoms with Crippen LogP contribution in [0.5, 0.6) is 0 Å². The smallest absolute Gasteiger partial charge is 0.227 e. The van der Waals surface area contributed by atoms with E-state index >= 15 is 0 Å². The van der Waals surface area contributed by atoms with Gasteiger partial charge in [0.1, 0.15) is 5.58 Å². The second kappa shape index (κ2) is 11.7. The second-order valence-corrected chi connectivity index (χ2v) is 12.0. The van der Waals surface area contributed by atoms with E-state index in [1.54, 1.807) is 6.20 Å². The number of aromatic nitrogens is 1. The van der Waals surface area contributed by atoms with E-state index in [4.69, 9.17) is 4.42 Å². The first kappa shape index (κ1) is 27.8. The first-order chi connectivity index (χ1) is 23.8. The van der Waals surface area contributed by atoms with Gasteiger partial charge < -0.3 is 9.32 Å². The van der Waals surface area contributed by atoms with Gasteiger partial charge in [-0.05, 0) is 81.2 Å². The minimum Gasteiger partial charge on any atom is -0.437 e. The van der Waals surface area contributed by atoms with Crippen LogP contribution in [0.4, 0.5) is 17.1 Å². The summed E-state index contributed by atoms with van der Waals surface area (Å²) in [5.74, 6) is 0. The highest BCUT2D eigenvalue weighted by atomic mass is 16.3. The molecule has 48 heavy (non-hydrogen) atoms. The van der Waals surface area contributed by atoms with Gasteiger partial charge in [0, 0.05) is 23.0 Å². The Morgan fingerprint density at radius 3 is 1.60 bits per heavy atom. The molecule has 3 heteroatoms. The molecule has 0 unspecified atom stereocenters. The Bertz CT molecular complexity index is 2550. The first-order valence-corrected chi connectivity index (χ1v) is 16.2. The zero-order chi connectivity index (χ0) is 31.9. The van der Waals surface area contributed by atoms with E-state index in [2.05, 4.69) is 180 Å². The van der Waals surface area contributed by atoms with E-state index in [1.807, 2.05) is 6.07 Å². The molecule has 2 aromatic heterocycles. The quantitative estimate of drug-likeness (QED) is 0.187. The molecule has 9 rings (SSSR count). The van der Waals surface area contributed by atoms with Gasteiger partial charge >= 0.3 is 0 Å². The molecule has 0 atom stereocenters. The van der Waals surface area contributed by atoms with Crippen LogP contribution in [-0.4, -0.2) is 4.98 Å². The van der Waals surface area contributed by atoms with Crippen molar-refractivity contribution in [2.24, 2.45) is 0 Å². The maximum absolute atomic E-state index is 6.52. The van der Waals surface area contributed by atoms with E-state index in [0.717, 1.165) is 60.9 Å². The maximum atomic E-state index is 6.52. The Morgan fingerprint density at radius 1 is 0.417 bits per heavy atom. The number of benzene rings is 7. The lowest BCUT2D eigenvalue weighted by molar-refractivity contribution is 0.657.